The van der Waals surface area contributed by atoms with Gasteiger partial charge in [-0.2, -0.15) is 0 Å². The Labute approximate surface area is 173 Å². The van der Waals surface area contributed by atoms with Crippen LogP contribution in [0.3, 0.4) is 0 Å². The fourth-order valence-electron chi connectivity index (χ4n) is 7.86. The van der Waals surface area contributed by atoms with Gasteiger partial charge in [-0.15, -0.1) is 0 Å². The van der Waals surface area contributed by atoms with Crippen LogP contribution in [0.1, 0.15) is 82.2 Å². The number of rotatable bonds is 1. The van der Waals surface area contributed by atoms with E-state index in [1.807, 2.05) is 0 Å². The van der Waals surface area contributed by atoms with Crippen molar-refractivity contribution in [1.29, 1.82) is 0 Å². The highest BCUT2D eigenvalue weighted by atomic mass is 16.5. The maximum absolute atomic E-state index is 10.2. The van der Waals surface area contributed by atoms with E-state index in [4.69, 9.17) is 4.52 Å². The molecule has 1 aromatic rings. The summed E-state index contributed by atoms with van der Waals surface area (Å²) in [6, 6.07) is 0. The fourth-order valence-corrected chi connectivity index (χ4v) is 7.86. The highest BCUT2D eigenvalue weighted by molar-refractivity contribution is 5.77. The molecule has 0 aliphatic heterocycles. The van der Waals surface area contributed by atoms with Crippen molar-refractivity contribution in [2.24, 2.45) is 28.6 Å². The second kappa shape index (κ2) is 6.20. The maximum Gasteiger partial charge on any atom is 0.170 e. The standard InChI is InChI=1S/C26H33NO2/c1-25-13-11-17(28)15-16(25)7-8-18-20-9-10-22(26(20,2)14-12-21(18)25)24-19-5-3-4-6-23(19)27-29-24/h3,5,7,10,17-18,20-21,28H,4,6,8-9,11-15H2,1-2H3/t17-,18?,20?,21?,25-,26-/m0/s1. The summed E-state index contributed by atoms with van der Waals surface area (Å²) in [7, 11) is 0. The second-order valence-corrected chi connectivity index (χ2v) is 10.8. The Hall–Kier alpha value is -1.61. The average molecular weight is 392 g/mol. The number of hydrogen-bond acceptors (Lipinski definition) is 3. The van der Waals surface area contributed by atoms with Gasteiger partial charge in [-0.05, 0) is 86.4 Å². The third-order valence-electron chi connectivity index (χ3n) is 9.54. The molecule has 0 amide bonds. The largest absolute Gasteiger partial charge is 0.393 e. The number of hydrogen-bond donors (Lipinski definition) is 1. The van der Waals surface area contributed by atoms with Crippen molar-refractivity contribution < 1.29 is 9.63 Å². The molecule has 154 valence electrons. The number of nitrogens with zero attached hydrogens (tertiary/aromatic N) is 1. The van der Waals surface area contributed by atoms with Crippen molar-refractivity contribution in [2.75, 3.05) is 0 Å². The molecule has 0 aromatic carbocycles. The lowest BCUT2D eigenvalue weighted by atomic mass is 9.47. The van der Waals surface area contributed by atoms with Crippen LogP contribution in [-0.2, 0) is 6.42 Å². The normalized spacial score (nSPS) is 43.0. The molecule has 0 spiro atoms. The zero-order valence-electron chi connectivity index (χ0n) is 17.8. The fraction of sp³-hybridized carbons (Fsp3) is 0.654. The predicted molar refractivity (Wildman–Crippen MR) is 115 cm³/mol. The van der Waals surface area contributed by atoms with Crippen molar-refractivity contribution in [1.82, 2.24) is 5.16 Å². The Kier molecular flexibility index (Phi) is 3.89. The van der Waals surface area contributed by atoms with E-state index in [0.717, 1.165) is 55.4 Å². The van der Waals surface area contributed by atoms with E-state index in [2.05, 4.69) is 43.3 Å². The van der Waals surface area contributed by atoms with E-state index >= 15 is 0 Å². The monoisotopic (exact) mass is 391 g/mol. The highest BCUT2D eigenvalue weighted by Crippen LogP contribution is 2.66. The number of aromatic nitrogens is 1. The van der Waals surface area contributed by atoms with Crippen LogP contribution in [0, 0.1) is 28.6 Å². The van der Waals surface area contributed by atoms with Gasteiger partial charge in [-0.3, -0.25) is 0 Å². The zero-order chi connectivity index (χ0) is 19.8. The summed E-state index contributed by atoms with van der Waals surface area (Å²) in [6.45, 7) is 5.01. The molecule has 0 saturated heterocycles. The van der Waals surface area contributed by atoms with Gasteiger partial charge < -0.3 is 9.63 Å². The van der Waals surface area contributed by atoms with E-state index in [-0.39, 0.29) is 11.5 Å². The summed E-state index contributed by atoms with van der Waals surface area (Å²) in [4.78, 5) is 0. The molecular weight excluding hydrogens is 358 g/mol. The van der Waals surface area contributed by atoms with Gasteiger partial charge in [0.25, 0.3) is 0 Å². The number of aliphatic hydroxyl groups is 1. The van der Waals surface area contributed by atoms with Crippen LogP contribution < -0.4 is 0 Å². The van der Waals surface area contributed by atoms with Gasteiger partial charge in [0.2, 0.25) is 0 Å². The predicted octanol–water partition coefficient (Wildman–Crippen LogP) is 5.95. The molecule has 3 heteroatoms. The molecule has 1 N–H and O–H groups in total. The van der Waals surface area contributed by atoms with E-state index in [0.29, 0.717) is 11.3 Å². The molecule has 3 nitrogen and oxygen atoms in total. The summed E-state index contributed by atoms with van der Waals surface area (Å²) in [5.74, 6) is 3.27. The van der Waals surface area contributed by atoms with Gasteiger partial charge in [0.05, 0.1) is 11.8 Å². The maximum atomic E-state index is 10.2. The van der Waals surface area contributed by atoms with Gasteiger partial charge in [-0.1, -0.05) is 48.9 Å². The topological polar surface area (TPSA) is 46.3 Å². The van der Waals surface area contributed by atoms with E-state index < -0.39 is 0 Å². The molecule has 3 unspecified atom stereocenters. The molecule has 5 aliphatic carbocycles. The highest BCUT2D eigenvalue weighted by Gasteiger charge is 2.57. The molecule has 1 aromatic heterocycles. The van der Waals surface area contributed by atoms with Gasteiger partial charge >= 0.3 is 0 Å². The van der Waals surface area contributed by atoms with E-state index in [1.165, 1.54) is 36.8 Å². The minimum Gasteiger partial charge on any atom is -0.393 e. The third-order valence-corrected chi connectivity index (χ3v) is 9.54. The van der Waals surface area contributed by atoms with Crippen LogP contribution in [0.15, 0.2) is 28.3 Å². The van der Waals surface area contributed by atoms with Crippen molar-refractivity contribution in [3.8, 4) is 0 Å². The first kappa shape index (κ1) is 18.2. The Morgan fingerprint density at radius 1 is 1.07 bits per heavy atom. The van der Waals surface area contributed by atoms with Gasteiger partial charge in [0.15, 0.2) is 5.76 Å². The summed E-state index contributed by atoms with van der Waals surface area (Å²) < 4.78 is 5.96. The number of aliphatic hydroxyl groups excluding tert-OH is 1. The first-order chi connectivity index (χ1) is 14.0. The average Bonchev–Trinajstić information content (AvgIpc) is 3.29. The van der Waals surface area contributed by atoms with Gasteiger partial charge in [-0.25, -0.2) is 0 Å². The molecule has 6 rings (SSSR count). The van der Waals surface area contributed by atoms with Crippen molar-refractivity contribution in [3.63, 3.8) is 0 Å². The summed E-state index contributed by atoms with van der Waals surface area (Å²) in [5, 5.41) is 14.6. The Bertz CT molecular complexity index is 937. The minimum atomic E-state index is -0.120. The lowest BCUT2D eigenvalue weighted by molar-refractivity contribution is -0.0241. The first-order valence-corrected chi connectivity index (χ1v) is 11.7. The first-order valence-electron chi connectivity index (χ1n) is 11.7. The zero-order valence-corrected chi connectivity index (χ0v) is 17.8. The van der Waals surface area contributed by atoms with E-state index in [1.54, 1.807) is 5.57 Å². The van der Waals surface area contributed by atoms with Crippen LogP contribution in [0.2, 0.25) is 0 Å². The summed E-state index contributed by atoms with van der Waals surface area (Å²) >= 11 is 0. The smallest absolute Gasteiger partial charge is 0.170 e. The van der Waals surface area contributed by atoms with Gasteiger partial charge in [0.1, 0.15) is 0 Å². The van der Waals surface area contributed by atoms with Crippen LogP contribution in [0.5, 0.6) is 0 Å². The second-order valence-electron chi connectivity index (χ2n) is 10.8. The third kappa shape index (κ3) is 2.43. The summed E-state index contributed by atoms with van der Waals surface area (Å²) in [5.41, 5.74) is 5.88. The van der Waals surface area contributed by atoms with Crippen molar-refractivity contribution >= 4 is 11.6 Å². The van der Waals surface area contributed by atoms with E-state index in [9.17, 15) is 5.11 Å². The van der Waals surface area contributed by atoms with Crippen LogP contribution in [-0.4, -0.2) is 16.4 Å². The number of aryl methyl sites for hydroxylation is 1. The van der Waals surface area contributed by atoms with Crippen LogP contribution in [0.25, 0.3) is 11.6 Å². The number of allylic oxidation sites excluding steroid dienone is 4. The molecule has 2 saturated carbocycles. The Balaban J connectivity index is 1.34. The van der Waals surface area contributed by atoms with Crippen molar-refractivity contribution in [3.05, 3.63) is 40.8 Å². The number of fused-ring (bicyclic) bond motifs is 6. The lowest BCUT2D eigenvalue weighted by Crippen LogP contribution is -2.49. The lowest BCUT2D eigenvalue weighted by Gasteiger charge is -2.57. The molecular formula is C26H33NO2. The SMILES string of the molecule is C[C@]12CC[C@H](O)CC1=CCC1C2CC[C@]2(C)C(c3onc4c3C=CCC4)=CCC12. The Morgan fingerprint density at radius 2 is 1.93 bits per heavy atom. The molecule has 0 bridgehead atoms. The molecule has 29 heavy (non-hydrogen) atoms. The quantitative estimate of drug-likeness (QED) is 0.602. The molecule has 1 heterocycles. The molecule has 0 radical (unpaired) electrons. The molecule has 6 atom stereocenters. The van der Waals surface area contributed by atoms with Crippen molar-refractivity contribution in [2.45, 2.75) is 77.7 Å². The Morgan fingerprint density at radius 3 is 2.83 bits per heavy atom. The summed E-state index contributed by atoms with van der Waals surface area (Å²) in [6.07, 6.45) is 19.4. The van der Waals surface area contributed by atoms with Crippen LogP contribution >= 0.6 is 0 Å². The van der Waals surface area contributed by atoms with Gasteiger partial charge in [0, 0.05) is 11.1 Å². The van der Waals surface area contributed by atoms with Crippen LogP contribution in [0.4, 0.5) is 0 Å². The molecule has 5 aliphatic rings. The molecule has 2 fully saturated rings. The minimum absolute atomic E-state index is 0.120.